The number of primary amides is 1. The highest BCUT2D eigenvalue weighted by atomic mass is 32.2. The summed E-state index contributed by atoms with van der Waals surface area (Å²) >= 11 is 3.70. The van der Waals surface area contributed by atoms with E-state index in [0.29, 0.717) is 18.6 Å². The monoisotopic (exact) mass is 1190 g/mol. The molecule has 0 saturated carbocycles. The van der Waals surface area contributed by atoms with E-state index in [1.54, 1.807) is 0 Å². The zero-order chi connectivity index (χ0) is 60.7. The number of nitrogens with zero attached hydrogens (tertiary/aromatic N) is 9. The van der Waals surface area contributed by atoms with Crippen LogP contribution in [0.1, 0.15) is 84.5 Å². The molecular formula is C53H82N10O15S3. The molecule has 0 aliphatic carbocycles. The summed E-state index contributed by atoms with van der Waals surface area (Å²) in [5.74, 6) is -9.30. The highest BCUT2D eigenvalue weighted by Crippen LogP contribution is 2.28. The summed E-state index contributed by atoms with van der Waals surface area (Å²) in [6, 6.07) is 0. The summed E-state index contributed by atoms with van der Waals surface area (Å²) in [6.45, 7) is 0.661. The van der Waals surface area contributed by atoms with Gasteiger partial charge in [0.15, 0.2) is 5.78 Å². The molecule has 3 aliphatic rings. The van der Waals surface area contributed by atoms with E-state index in [-0.39, 0.29) is 142 Å². The van der Waals surface area contributed by atoms with Crippen molar-refractivity contribution in [3.8, 4) is 0 Å². The first-order chi connectivity index (χ1) is 38.1. The van der Waals surface area contributed by atoms with Gasteiger partial charge >= 0.3 is 0 Å². The quantitative estimate of drug-likeness (QED) is 0.127. The molecule has 81 heavy (non-hydrogen) atoms. The molecule has 25 nitrogen and oxygen atoms in total. The zero-order valence-electron chi connectivity index (χ0n) is 48.1. The van der Waals surface area contributed by atoms with Crippen molar-refractivity contribution in [1.29, 1.82) is 0 Å². The van der Waals surface area contributed by atoms with Crippen LogP contribution in [-0.4, -0.2) is 268 Å². The van der Waals surface area contributed by atoms with Crippen molar-refractivity contribution in [2.24, 2.45) is 29.4 Å². The van der Waals surface area contributed by atoms with Gasteiger partial charge in [0.05, 0.1) is 65.0 Å². The molecule has 3 aliphatic heterocycles. The molecule has 10 amide bonds. The third-order valence-corrected chi connectivity index (χ3v) is 17.5. The van der Waals surface area contributed by atoms with Gasteiger partial charge in [-0.3, -0.25) is 67.1 Å². The third-order valence-electron chi connectivity index (χ3n) is 14.2. The topological polar surface area (TPSA) is 311 Å². The van der Waals surface area contributed by atoms with E-state index < -0.39 is 109 Å². The van der Waals surface area contributed by atoms with Crippen LogP contribution < -0.4 is 5.73 Å². The largest absolute Gasteiger partial charge is 0.369 e. The normalized spacial score (nSPS) is 19.1. The van der Waals surface area contributed by atoms with Crippen LogP contribution in [0, 0.1) is 23.7 Å². The first kappa shape index (κ1) is 69.4. The fraction of sp³-hybridized carbons (Fsp3) is 0.717. The molecule has 0 aromatic heterocycles. The molecular weight excluding hydrogens is 1110 g/mol. The average Bonchev–Trinajstić information content (AvgIpc) is 3.40. The van der Waals surface area contributed by atoms with Gasteiger partial charge < -0.3 is 54.6 Å². The Morgan fingerprint density at radius 1 is 0.556 bits per heavy atom. The number of thioether (sulfide) groups is 3. The van der Waals surface area contributed by atoms with Crippen LogP contribution >= 0.6 is 35.3 Å². The number of Topliss-reactive ketones (excluding diaryl/α,β-unsaturated/α-hetero) is 5. The van der Waals surface area contributed by atoms with Gasteiger partial charge in [-0.25, -0.2) is 0 Å². The lowest BCUT2D eigenvalue weighted by Crippen LogP contribution is -2.59. The van der Waals surface area contributed by atoms with Gasteiger partial charge in [0.1, 0.15) is 23.1 Å². The van der Waals surface area contributed by atoms with Crippen LogP contribution in [0.5, 0.6) is 0 Å². The predicted octanol–water partition coefficient (Wildman–Crippen LogP) is -0.538. The summed E-state index contributed by atoms with van der Waals surface area (Å²) in [5.41, 5.74) is 5.44. The Balaban J connectivity index is 1.58. The highest BCUT2D eigenvalue weighted by molar-refractivity contribution is 8.00. The number of amides is 10. The zero-order valence-corrected chi connectivity index (χ0v) is 50.6. The Morgan fingerprint density at radius 3 is 1.46 bits per heavy atom. The van der Waals surface area contributed by atoms with Gasteiger partial charge in [0.25, 0.3) is 0 Å². The molecule has 3 saturated heterocycles. The van der Waals surface area contributed by atoms with Crippen LogP contribution in [0.2, 0.25) is 0 Å². The molecule has 3 rings (SSSR count). The standard InChI is InChI=1S/C53H82N10O15S3/c1-9-10-11-36(53(54)78)19-40(65)22-55(3)47(72)24-57(5)49(74)26-59(7)51(76)27-60(8)50(75)25-58(6)48(73)23-56(4)44(69)13-12-41(66)38-20-43(68)39-21-42(67)37(18-35(2)64)28-79-16-14-45(70)61-32-62(46(71)15-17-80-29-38)34-63(33-61)52(77)31-81-30-39/h36-39H,9-34H2,1-8H3,(H2,54,78)/t36-,37-,38-,39-/m0/s1. The number of rotatable bonds is 24. The summed E-state index contributed by atoms with van der Waals surface area (Å²) in [7, 11) is 8.06. The molecule has 0 unspecified atom stereocenters. The second-order valence-corrected chi connectivity index (χ2v) is 24.5. The SMILES string of the molecule is CCCC[C@@H](CC(=O)CN(C)C(=O)CN(C)C(=O)CN(C)C(=O)CN(C)C(=O)CN(C)C(=O)CN(C)C(=O)CCC(=O)[C@@H]1CSCCC(=O)N2CN3CN(C2)C(=O)CSC[C@H](CC(=O)[C@@H](CC(C)=O)CSCCC3=O)C(=O)C1)C(N)=O. The number of unbranched alkanes of at least 4 members (excludes halogenated alkanes) is 1. The molecule has 0 spiro atoms. The second kappa shape index (κ2) is 34.5. The molecule has 2 N–H and O–H groups in total. The minimum absolute atomic E-state index is 0.00721. The Labute approximate surface area is 487 Å². The second-order valence-electron chi connectivity index (χ2n) is 21.2. The molecule has 4 atom stereocenters. The van der Waals surface area contributed by atoms with E-state index in [9.17, 15) is 71.9 Å². The van der Waals surface area contributed by atoms with Crippen molar-refractivity contribution in [2.45, 2.75) is 84.5 Å². The molecule has 3 fully saturated rings. The Hall–Kier alpha value is -5.90. The molecule has 3 heterocycles. The maximum absolute atomic E-state index is 14.2. The lowest BCUT2D eigenvalue weighted by atomic mass is 9.86. The number of likely N-dealkylation sites (N-methyl/N-ethyl adjacent to an activating group) is 6. The van der Waals surface area contributed by atoms with Crippen molar-refractivity contribution in [3.05, 3.63) is 0 Å². The molecule has 0 aromatic rings. The lowest BCUT2D eigenvalue weighted by Gasteiger charge is -2.42. The fourth-order valence-corrected chi connectivity index (χ4v) is 12.0. The maximum atomic E-state index is 14.2. The lowest BCUT2D eigenvalue weighted by molar-refractivity contribution is -0.157. The fourth-order valence-electron chi connectivity index (χ4n) is 8.83. The Kier molecular flexibility index (Phi) is 29.6. The van der Waals surface area contributed by atoms with Crippen LogP contribution in [0.3, 0.4) is 0 Å². The van der Waals surface area contributed by atoms with Gasteiger partial charge in [0.2, 0.25) is 59.1 Å². The number of hydrogen-bond acceptors (Lipinski definition) is 18. The summed E-state index contributed by atoms with van der Waals surface area (Å²) < 4.78 is 0. The third kappa shape index (κ3) is 23.8. The van der Waals surface area contributed by atoms with E-state index >= 15 is 0 Å². The van der Waals surface area contributed by atoms with Crippen molar-refractivity contribution in [2.75, 3.05) is 136 Å². The van der Waals surface area contributed by atoms with Crippen molar-refractivity contribution < 1.29 is 71.9 Å². The van der Waals surface area contributed by atoms with E-state index in [1.807, 2.05) is 6.92 Å². The molecule has 4 bridgehead atoms. The summed E-state index contributed by atoms with van der Waals surface area (Å²) in [6.07, 6.45) is 0.759. The van der Waals surface area contributed by atoms with Gasteiger partial charge in [-0.05, 0) is 13.3 Å². The van der Waals surface area contributed by atoms with Crippen LogP contribution in [0.25, 0.3) is 0 Å². The maximum Gasteiger partial charge on any atom is 0.242 e. The van der Waals surface area contributed by atoms with Gasteiger partial charge in [-0.15, -0.1) is 0 Å². The van der Waals surface area contributed by atoms with Crippen molar-refractivity contribution in [1.82, 2.24) is 44.1 Å². The van der Waals surface area contributed by atoms with Crippen LogP contribution in [-0.2, 0) is 71.9 Å². The van der Waals surface area contributed by atoms with E-state index in [1.165, 1.54) is 87.4 Å². The van der Waals surface area contributed by atoms with Crippen molar-refractivity contribution in [3.63, 3.8) is 0 Å². The highest BCUT2D eigenvalue weighted by Gasteiger charge is 2.36. The Morgan fingerprint density at radius 2 is 1.00 bits per heavy atom. The number of carbonyl (C=O) groups is 15. The van der Waals surface area contributed by atoms with Gasteiger partial charge in [-0.2, -0.15) is 35.3 Å². The van der Waals surface area contributed by atoms with Crippen LogP contribution in [0.15, 0.2) is 0 Å². The first-order valence-corrected chi connectivity index (χ1v) is 30.5. The molecule has 0 radical (unpaired) electrons. The number of hydrogen-bond donors (Lipinski definition) is 1. The molecule has 452 valence electrons. The molecule has 0 aromatic carbocycles. The predicted molar refractivity (Wildman–Crippen MR) is 303 cm³/mol. The van der Waals surface area contributed by atoms with Gasteiger partial charge in [0, 0.05) is 146 Å². The van der Waals surface area contributed by atoms with Crippen LogP contribution in [0.4, 0.5) is 0 Å². The van der Waals surface area contributed by atoms with Gasteiger partial charge in [-0.1, -0.05) is 19.8 Å². The summed E-state index contributed by atoms with van der Waals surface area (Å²) in [4.78, 5) is 209. The average molecular weight is 1200 g/mol. The van der Waals surface area contributed by atoms with E-state index in [4.69, 9.17) is 5.73 Å². The Bertz CT molecular complexity index is 2360. The van der Waals surface area contributed by atoms with E-state index in [0.717, 1.165) is 47.6 Å². The van der Waals surface area contributed by atoms with Crippen molar-refractivity contribution >= 4 is 123 Å². The number of fused-ring (bicyclic) bond motifs is 6. The number of nitrogens with two attached hydrogens (primary N) is 1. The first-order valence-electron chi connectivity index (χ1n) is 27.0. The minimum Gasteiger partial charge on any atom is -0.369 e. The number of carbonyl (C=O) groups excluding carboxylic acids is 15. The summed E-state index contributed by atoms with van der Waals surface area (Å²) in [5, 5.41) is 0. The number of ketones is 5. The molecule has 28 heteroatoms. The minimum atomic E-state index is -0.927. The van der Waals surface area contributed by atoms with E-state index in [2.05, 4.69) is 0 Å². The smallest absolute Gasteiger partial charge is 0.242 e.